The highest BCUT2D eigenvalue weighted by Gasteiger charge is 2.39. The van der Waals surface area contributed by atoms with Gasteiger partial charge in [-0.05, 0) is 47.6 Å². The van der Waals surface area contributed by atoms with Gasteiger partial charge in [-0.25, -0.2) is 0 Å². The Labute approximate surface area is 127 Å². The van der Waals surface area contributed by atoms with Crippen molar-refractivity contribution in [3.8, 4) is 0 Å². The number of allylic oxidation sites excluding steroid dienone is 1. The Morgan fingerprint density at radius 2 is 1.62 bits per heavy atom. The van der Waals surface area contributed by atoms with Gasteiger partial charge < -0.3 is 5.11 Å². The Hall–Kier alpha value is -1.86. The van der Waals surface area contributed by atoms with Crippen LogP contribution in [0.3, 0.4) is 0 Å². The highest BCUT2D eigenvalue weighted by Crippen LogP contribution is 2.50. The van der Waals surface area contributed by atoms with Crippen molar-refractivity contribution in [2.75, 3.05) is 0 Å². The van der Waals surface area contributed by atoms with Crippen LogP contribution in [0.15, 0.2) is 54.6 Å². The Morgan fingerprint density at radius 3 is 2.33 bits per heavy atom. The van der Waals surface area contributed by atoms with Gasteiger partial charge in [0.25, 0.3) is 0 Å². The van der Waals surface area contributed by atoms with Gasteiger partial charge in [0.2, 0.25) is 0 Å². The molecule has 21 heavy (non-hydrogen) atoms. The molecule has 0 fully saturated rings. The quantitative estimate of drug-likeness (QED) is 0.833. The lowest BCUT2D eigenvalue weighted by atomic mass is 9.87. The predicted molar refractivity (Wildman–Crippen MR) is 88.8 cm³/mol. The van der Waals surface area contributed by atoms with Crippen molar-refractivity contribution in [1.82, 2.24) is 0 Å². The Bertz CT molecular complexity index is 665. The van der Waals surface area contributed by atoms with E-state index in [1.165, 1.54) is 11.1 Å². The average Bonchev–Trinajstić information content (AvgIpc) is 2.74. The van der Waals surface area contributed by atoms with Crippen LogP contribution in [0, 0.1) is 0 Å². The predicted octanol–water partition coefficient (Wildman–Crippen LogP) is 5.01. The molecule has 0 amide bonds. The first-order chi connectivity index (χ1) is 10.2. The zero-order chi connectivity index (χ0) is 14.9. The summed E-state index contributed by atoms with van der Waals surface area (Å²) in [5, 5.41) is 11.2. The first kappa shape index (κ1) is 14.1. The van der Waals surface area contributed by atoms with Crippen LogP contribution in [0.25, 0.3) is 11.1 Å². The molecule has 0 aromatic heterocycles. The molecule has 1 unspecified atom stereocenters. The third-order valence-corrected chi connectivity index (χ3v) is 4.41. The standard InChI is InChI=1S/C20H22O/c1-3-4-12-17-16-13-8-9-14-18(16)20(2,21)19(17)15-10-6-5-7-11-15/h5-11,13-14,21H,3-4,12H2,1-2H3. The molecular formula is C20H22O. The normalized spacial score (nSPS) is 20.7. The third kappa shape index (κ3) is 2.32. The Morgan fingerprint density at radius 1 is 0.952 bits per heavy atom. The van der Waals surface area contributed by atoms with Gasteiger partial charge in [0.15, 0.2) is 0 Å². The van der Waals surface area contributed by atoms with Crippen molar-refractivity contribution < 1.29 is 5.11 Å². The molecule has 0 bridgehead atoms. The molecule has 108 valence electrons. The van der Waals surface area contributed by atoms with Gasteiger partial charge in [-0.3, -0.25) is 0 Å². The summed E-state index contributed by atoms with van der Waals surface area (Å²) >= 11 is 0. The van der Waals surface area contributed by atoms with Crippen LogP contribution >= 0.6 is 0 Å². The van der Waals surface area contributed by atoms with Crippen LogP contribution in [-0.2, 0) is 5.60 Å². The van der Waals surface area contributed by atoms with Gasteiger partial charge in [-0.1, -0.05) is 67.9 Å². The summed E-state index contributed by atoms with van der Waals surface area (Å²) in [6, 6.07) is 18.6. The summed E-state index contributed by atoms with van der Waals surface area (Å²) < 4.78 is 0. The zero-order valence-corrected chi connectivity index (χ0v) is 12.8. The van der Waals surface area contributed by atoms with Crippen LogP contribution in [0.1, 0.15) is 49.8 Å². The highest BCUT2D eigenvalue weighted by atomic mass is 16.3. The van der Waals surface area contributed by atoms with Crippen LogP contribution in [-0.4, -0.2) is 5.11 Å². The molecule has 0 heterocycles. The largest absolute Gasteiger partial charge is 0.381 e. The van der Waals surface area contributed by atoms with Crippen molar-refractivity contribution >= 4 is 11.1 Å². The summed E-state index contributed by atoms with van der Waals surface area (Å²) in [6.07, 6.45) is 3.33. The fraction of sp³-hybridized carbons (Fsp3) is 0.300. The number of unbranched alkanes of at least 4 members (excludes halogenated alkanes) is 1. The van der Waals surface area contributed by atoms with Crippen molar-refractivity contribution in [2.45, 2.75) is 38.7 Å². The van der Waals surface area contributed by atoms with Crippen molar-refractivity contribution in [1.29, 1.82) is 0 Å². The zero-order valence-electron chi connectivity index (χ0n) is 12.8. The lowest BCUT2D eigenvalue weighted by Gasteiger charge is -2.24. The van der Waals surface area contributed by atoms with E-state index in [0.29, 0.717) is 0 Å². The van der Waals surface area contributed by atoms with E-state index in [0.717, 1.165) is 36.0 Å². The highest BCUT2D eigenvalue weighted by molar-refractivity contribution is 6.00. The summed E-state index contributed by atoms with van der Waals surface area (Å²) in [5.41, 5.74) is 4.87. The molecule has 1 aliphatic carbocycles. The molecule has 0 radical (unpaired) electrons. The maximum absolute atomic E-state index is 11.2. The van der Waals surface area contributed by atoms with E-state index in [1.807, 2.05) is 31.2 Å². The molecule has 1 atom stereocenters. The number of rotatable bonds is 4. The second-order valence-electron chi connectivity index (χ2n) is 5.94. The van der Waals surface area contributed by atoms with Crippen LogP contribution in [0.4, 0.5) is 0 Å². The van der Waals surface area contributed by atoms with E-state index >= 15 is 0 Å². The molecule has 1 aliphatic rings. The maximum Gasteiger partial charge on any atom is 0.113 e. The molecule has 1 N–H and O–H groups in total. The molecule has 2 aromatic rings. The topological polar surface area (TPSA) is 20.2 Å². The third-order valence-electron chi connectivity index (χ3n) is 4.41. The van der Waals surface area contributed by atoms with Crippen molar-refractivity contribution in [3.63, 3.8) is 0 Å². The molecule has 1 heteroatoms. The smallest absolute Gasteiger partial charge is 0.113 e. The Kier molecular flexibility index (Phi) is 3.69. The van der Waals surface area contributed by atoms with E-state index in [2.05, 4.69) is 37.3 Å². The van der Waals surface area contributed by atoms with Crippen LogP contribution < -0.4 is 0 Å². The van der Waals surface area contributed by atoms with E-state index in [4.69, 9.17) is 0 Å². The average molecular weight is 278 g/mol. The van der Waals surface area contributed by atoms with Gasteiger partial charge in [0.1, 0.15) is 5.60 Å². The first-order valence-electron chi connectivity index (χ1n) is 7.77. The second-order valence-corrected chi connectivity index (χ2v) is 5.94. The molecule has 0 saturated carbocycles. The molecule has 1 nitrogen and oxygen atoms in total. The van der Waals surface area contributed by atoms with Crippen LogP contribution in [0.5, 0.6) is 0 Å². The first-order valence-corrected chi connectivity index (χ1v) is 7.77. The van der Waals surface area contributed by atoms with E-state index < -0.39 is 5.60 Å². The monoisotopic (exact) mass is 278 g/mol. The van der Waals surface area contributed by atoms with Gasteiger partial charge in [0.05, 0.1) is 0 Å². The SMILES string of the molecule is CCCCC1=C(c2ccccc2)C(C)(O)c2ccccc21. The van der Waals surface area contributed by atoms with E-state index in [1.54, 1.807) is 0 Å². The van der Waals surface area contributed by atoms with Crippen molar-refractivity contribution in [2.24, 2.45) is 0 Å². The summed E-state index contributed by atoms with van der Waals surface area (Å²) in [4.78, 5) is 0. The maximum atomic E-state index is 11.2. The summed E-state index contributed by atoms with van der Waals surface area (Å²) in [5.74, 6) is 0. The van der Waals surface area contributed by atoms with Gasteiger partial charge in [-0.2, -0.15) is 0 Å². The summed E-state index contributed by atoms with van der Waals surface area (Å²) in [7, 11) is 0. The fourth-order valence-electron chi connectivity index (χ4n) is 3.41. The molecule has 2 aromatic carbocycles. The minimum atomic E-state index is -0.902. The van der Waals surface area contributed by atoms with E-state index in [9.17, 15) is 5.11 Å². The Balaban J connectivity index is 2.21. The molecule has 0 saturated heterocycles. The van der Waals surface area contributed by atoms with Gasteiger partial charge in [-0.15, -0.1) is 0 Å². The fourth-order valence-corrected chi connectivity index (χ4v) is 3.41. The number of hydrogen-bond donors (Lipinski definition) is 1. The number of hydrogen-bond acceptors (Lipinski definition) is 1. The molecular weight excluding hydrogens is 256 g/mol. The lowest BCUT2D eigenvalue weighted by molar-refractivity contribution is 0.125. The molecule has 3 rings (SSSR count). The summed E-state index contributed by atoms with van der Waals surface area (Å²) in [6.45, 7) is 4.13. The van der Waals surface area contributed by atoms with E-state index in [-0.39, 0.29) is 0 Å². The molecule has 0 aliphatic heterocycles. The van der Waals surface area contributed by atoms with Crippen LogP contribution in [0.2, 0.25) is 0 Å². The minimum absolute atomic E-state index is 0.902. The van der Waals surface area contributed by atoms with Gasteiger partial charge in [0, 0.05) is 0 Å². The van der Waals surface area contributed by atoms with Gasteiger partial charge >= 0.3 is 0 Å². The number of benzene rings is 2. The second kappa shape index (κ2) is 5.50. The number of fused-ring (bicyclic) bond motifs is 1. The number of aliphatic hydroxyl groups is 1. The van der Waals surface area contributed by atoms with Crippen molar-refractivity contribution in [3.05, 3.63) is 71.3 Å². The lowest BCUT2D eigenvalue weighted by Crippen LogP contribution is -2.20. The minimum Gasteiger partial charge on any atom is -0.381 e. The molecule has 0 spiro atoms.